The first-order valence-corrected chi connectivity index (χ1v) is 4.30. The van der Waals surface area contributed by atoms with Crippen molar-refractivity contribution in [3.8, 4) is 0 Å². The number of hydrogen-bond donors (Lipinski definition) is 2. The fraction of sp³-hybridized carbons (Fsp3) is 0.400. The van der Waals surface area contributed by atoms with Gasteiger partial charge in [-0.1, -0.05) is 6.92 Å². The van der Waals surface area contributed by atoms with E-state index in [1.54, 1.807) is 6.07 Å². The molecule has 0 amide bonds. The van der Waals surface area contributed by atoms with Crippen LogP contribution < -0.4 is 5.32 Å². The Kier molecular flexibility index (Phi) is 1.77. The minimum absolute atomic E-state index is 0.0381. The van der Waals surface area contributed by atoms with Gasteiger partial charge in [0.15, 0.2) is 0 Å². The Morgan fingerprint density at radius 3 is 3.08 bits per heavy atom. The number of rotatable bonds is 1. The highest BCUT2D eigenvalue weighted by Gasteiger charge is 2.33. The lowest BCUT2D eigenvalue weighted by atomic mass is 9.85. The molecule has 0 saturated carbocycles. The van der Waals surface area contributed by atoms with Gasteiger partial charge >= 0.3 is 0 Å². The van der Waals surface area contributed by atoms with Crippen LogP contribution in [0.15, 0.2) is 18.2 Å². The highest BCUT2D eigenvalue weighted by Crippen LogP contribution is 2.36. The number of aliphatic hydroxyl groups excluding tert-OH is 1. The third kappa shape index (κ3) is 1.20. The van der Waals surface area contributed by atoms with E-state index in [-0.39, 0.29) is 17.8 Å². The largest absolute Gasteiger partial charge is 0.395 e. The summed E-state index contributed by atoms with van der Waals surface area (Å²) in [6.07, 6.45) is 0. The molecule has 1 aliphatic heterocycles. The van der Waals surface area contributed by atoms with Gasteiger partial charge in [0.1, 0.15) is 5.82 Å². The molecule has 0 bridgehead atoms. The first kappa shape index (κ1) is 8.51. The van der Waals surface area contributed by atoms with Gasteiger partial charge in [0, 0.05) is 17.6 Å². The van der Waals surface area contributed by atoms with Crippen molar-refractivity contribution < 1.29 is 9.50 Å². The van der Waals surface area contributed by atoms with Crippen molar-refractivity contribution in [2.75, 3.05) is 18.5 Å². The predicted molar refractivity (Wildman–Crippen MR) is 49.3 cm³/mol. The summed E-state index contributed by atoms with van der Waals surface area (Å²) in [6.45, 7) is 2.63. The first-order valence-electron chi connectivity index (χ1n) is 4.30. The Bertz CT molecular complexity index is 340. The van der Waals surface area contributed by atoms with Crippen LogP contribution in [0, 0.1) is 5.82 Å². The molecule has 0 aliphatic carbocycles. The highest BCUT2D eigenvalue weighted by atomic mass is 19.1. The number of hydrogen-bond acceptors (Lipinski definition) is 2. The van der Waals surface area contributed by atoms with E-state index < -0.39 is 0 Å². The number of halogens is 1. The third-order valence-electron chi connectivity index (χ3n) is 2.65. The van der Waals surface area contributed by atoms with E-state index in [1.807, 2.05) is 6.92 Å². The van der Waals surface area contributed by atoms with Gasteiger partial charge in [-0.25, -0.2) is 4.39 Å². The monoisotopic (exact) mass is 181 g/mol. The molecule has 2 nitrogen and oxygen atoms in total. The molecule has 1 unspecified atom stereocenters. The molecule has 1 atom stereocenters. The van der Waals surface area contributed by atoms with Gasteiger partial charge in [0.25, 0.3) is 0 Å². The molecule has 0 spiro atoms. The maximum atomic E-state index is 12.9. The molecule has 1 aliphatic rings. The van der Waals surface area contributed by atoms with Crippen LogP contribution in [-0.4, -0.2) is 18.3 Å². The summed E-state index contributed by atoms with van der Waals surface area (Å²) in [4.78, 5) is 0. The molecule has 13 heavy (non-hydrogen) atoms. The van der Waals surface area contributed by atoms with Crippen molar-refractivity contribution in [2.45, 2.75) is 12.3 Å². The number of fused-ring (bicyclic) bond motifs is 1. The Morgan fingerprint density at radius 1 is 1.62 bits per heavy atom. The van der Waals surface area contributed by atoms with Gasteiger partial charge in [0.2, 0.25) is 0 Å². The summed E-state index contributed by atoms with van der Waals surface area (Å²) in [7, 11) is 0. The van der Waals surface area contributed by atoms with Crippen molar-refractivity contribution in [2.24, 2.45) is 0 Å². The number of benzene rings is 1. The Hall–Kier alpha value is -1.09. The van der Waals surface area contributed by atoms with Crippen LogP contribution >= 0.6 is 0 Å². The van der Waals surface area contributed by atoms with Gasteiger partial charge in [-0.3, -0.25) is 0 Å². The fourth-order valence-electron chi connectivity index (χ4n) is 1.70. The quantitative estimate of drug-likeness (QED) is 0.688. The van der Waals surface area contributed by atoms with Crippen LogP contribution in [0.4, 0.5) is 10.1 Å². The minimum Gasteiger partial charge on any atom is -0.395 e. The molecular formula is C10H12FNO. The second-order valence-electron chi connectivity index (χ2n) is 3.76. The zero-order valence-corrected chi connectivity index (χ0v) is 7.47. The summed E-state index contributed by atoms with van der Waals surface area (Å²) >= 11 is 0. The van der Waals surface area contributed by atoms with Crippen LogP contribution in [0.1, 0.15) is 12.5 Å². The van der Waals surface area contributed by atoms with Crippen molar-refractivity contribution in [3.05, 3.63) is 29.6 Å². The lowest BCUT2D eigenvalue weighted by Crippen LogP contribution is -2.28. The number of nitrogens with one attached hydrogen (secondary N) is 1. The minimum atomic E-state index is -0.336. The highest BCUT2D eigenvalue weighted by molar-refractivity contribution is 5.60. The van der Waals surface area contributed by atoms with E-state index in [4.69, 9.17) is 0 Å². The molecule has 3 heteroatoms. The summed E-state index contributed by atoms with van der Waals surface area (Å²) < 4.78 is 12.9. The molecule has 70 valence electrons. The standard InChI is InChI=1S/C10H12FNO/c1-10(6-13)5-12-9-3-2-7(11)4-8(9)10/h2-4,12-13H,5-6H2,1H3. The van der Waals surface area contributed by atoms with Gasteiger partial charge in [-0.15, -0.1) is 0 Å². The maximum absolute atomic E-state index is 12.9. The van der Waals surface area contributed by atoms with E-state index in [1.165, 1.54) is 12.1 Å². The summed E-state index contributed by atoms with van der Waals surface area (Å²) in [5, 5.41) is 12.3. The lowest BCUT2D eigenvalue weighted by molar-refractivity contribution is 0.218. The van der Waals surface area contributed by atoms with Crippen LogP contribution in [0.3, 0.4) is 0 Å². The second kappa shape index (κ2) is 2.70. The lowest BCUT2D eigenvalue weighted by Gasteiger charge is -2.20. The van der Waals surface area contributed by atoms with Crippen molar-refractivity contribution >= 4 is 5.69 Å². The molecule has 1 aromatic rings. The molecule has 2 N–H and O–H groups in total. The molecule has 1 aromatic carbocycles. The van der Waals surface area contributed by atoms with Gasteiger partial charge in [-0.2, -0.15) is 0 Å². The average Bonchev–Trinajstić information content (AvgIpc) is 2.45. The molecule has 0 aromatic heterocycles. The van der Waals surface area contributed by atoms with Crippen molar-refractivity contribution in [1.29, 1.82) is 0 Å². The number of anilines is 1. The van der Waals surface area contributed by atoms with Crippen LogP contribution in [0.25, 0.3) is 0 Å². The van der Waals surface area contributed by atoms with E-state index >= 15 is 0 Å². The molecule has 0 saturated heterocycles. The van der Waals surface area contributed by atoms with Crippen molar-refractivity contribution in [1.82, 2.24) is 0 Å². The Balaban J connectivity index is 2.52. The van der Waals surface area contributed by atoms with Gasteiger partial charge in [0.05, 0.1) is 6.61 Å². The van der Waals surface area contributed by atoms with Crippen molar-refractivity contribution in [3.63, 3.8) is 0 Å². The summed E-state index contributed by atoms with van der Waals surface area (Å²) in [5.41, 5.74) is 1.46. The molecule has 0 fully saturated rings. The van der Waals surface area contributed by atoms with E-state index in [9.17, 15) is 9.50 Å². The van der Waals surface area contributed by atoms with E-state index in [0.717, 1.165) is 11.3 Å². The van der Waals surface area contributed by atoms with Crippen LogP contribution in [0.2, 0.25) is 0 Å². The topological polar surface area (TPSA) is 32.3 Å². The Labute approximate surface area is 76.4 Å². The first-order chi connectivity index (χ1) is 6.15. The van der Waals surface area contributed by atoms with Gasteiger partial charge in [-0.05, 0) is 23.8 Å². The van der Waals surface area contributed by atoms with E-state index in [2.05, 4.69) is 5.32 Å². The zero-order valence-electron chi connectivity index (χ0n) is 7.47. The smallest absolute Gasteiger partial charge is 0.123 e. The summed E-state index contributed by atoms with van der Waals surface area (Å²) in [6, 6.07) is 4.63. The van der Waals surface area contributed by atoms with Crippen LogP contribution in [-0.2, 0) is 5.41 Å². The average molecular weight is 181 g/mol. The number of aliphatic hydroxyl groups is 1. The Morgan fingerprint density at radius 2 is 2.38 bits per heavy atom. The van der Waals surface area contributed by atoms with Crippen LogP contribution in [0.5, 0.6) is 0 Å². The molecule has 1 heterocycles. The molecular weight excluding hydrogens is 169 g/mol. The third-order valence-corrected chi connectivity index (χ3v) is 2.65. The normalized spacial score (nSPS) is 25.5. The molecule has 2 rings (SSSR count). The second-order valence-corrected chi connectivity index (χ2v) is 3.76. The summed E-state index contributed by atoms with van der Waals surface area (Å²) in [5.74, 6) is -0.248. The zero-order chi connectivity index (χ0) is 9.47. The predicted octanol–water partition coefficient (Wildman–Crippen LogP) is 1.50. The molecule has 0 radical (unpaired) electrons. The fourth-order valence-corrected chi connectivity index (χ4v) is 1.70. The van der Waals surface area contributed by atoms with E-state index in [0.29, 0.717) is 6.54 Å². The maximum Gasteiger partial charge on any atom is 0.123 e. The SMILES string of the molecule is CC1(CO)CNc2ccc(F)cc21. The van der Waals surface area contributed by atoms with Gasteiger partial charge < -0.3 is 10.4 Å².